The Morgan fingerprint density at radius 1 is 1.55 bits per heavy atom. The summed E-state index contributed by atoms with van der Waals surface area (Å²) < 4.78 is 1.34. The van der Waals surface area contributed by atoms with Gasteiger partial charge in [0.2, 0.25) is 5.91 Å². The van der Waals surface area contributed by atoms with E-state index in [0.29, 0.717) is 11.6 Å². The molecule has 102 valence electrons. The lowest BCUT2D eigenvalue weighted by Gasteiger charge is -2.17. The fourth-order valence-corrected chi connectivity index (χ4v) is 1.89. The van der Waals surface area contributed by atoms with Crippen LogP contribution in [0.2, 0.25) is 5.02 Å². The molecule has 0 saturated carbocycles. The lowest BCUT2D eigenvalue weighted by Crippen LogP contribution is -2.30. The first-order valence-corrected chi connectivity index (χ1v) is 6.24. The number of aromatic nitrogens is 3. The number of carbonyl (C=O) groups excluding carboxylic acids is 1. The van der Waals surface area contributed by atoms with E-state index in [1.807, 2.05) is 24.3 Å². The molecule has 6 nitrogen and oxygen atoms in total. The largest absolute Gasteiger partial charge is 0.340 e. The second-order valence-corrected chi connectivity index (χ2v) is 4.69. The first-order valence-electron chi connectivity index (χ1n) is 5.86. The Balaban J connectivity index is 1.97. The molecule has 0 N–H and O–H groups in total. The number of rotatable bonds is 4. The number of nitrogens with zero attached hydrogens (tertiary/aromatic N) is 5. The first kappa shape index (κ1) is 14.0. The number of benzene rings is 1. The zero-order chi connectivity index (χ0) is 14.5. The van der Waals surface area contributed by atoms with Gasteiger partial charge in [-0.2, -0.15) is 5.26 Å². The molecule has 1 heterocycles. The van der Waals surface area contributed by atoms with E-state index >= 15 is 0 Å². The molecule has 0 aliphatic heterocycles. The molecule has 1 aromatic carbocycles. The highest BCUT2D eigenvalue weighted by atomic mass is 35.5. The van der Waals surface area contributed by atoms with Gasteiger partial charge in [-0.1, -0.05) is 23.7 Å². The maximum atomic E-state index is 12.0. The van der Waals surface area contributed by atoms with Crippen LogP contribution in [0.4, 0.5) is 0 Å². The van der Waals surface area contributed by atoms with E-state index in [1.54, 1.807) is 18.0 Å². The Labute approximate surface area is 121 Å². The summed E-state index contributed by atoms with van der Waals surface area (Å²) in [4.78, 5) is 17.3. The monoisotopic (exact) mass is 289 g/mol. The number of likely N-dealkylation sites (N-methyl/N-ethyl adjacent to an activating group) is 1. The Bertz CT molecular complexity index is 661. The normalized spacial score (nSPS) is 10.1. The number of amides is 1. The summed E-state index contributed by atoms with van der Waals surface area (Å²) >= 11 is 5.90. The average molecular weight is 290 g/mol. The fraction of sp³-hybridized carbons (Fsp3) is 0.231. The van der Waals surface area contributed by atoms with Crippen molar-refractivity contribution >= 4 is 17.5 Å². The second kappa shape index (κ2) is 6.17. The number of halogens is 1. The summed E-state index contributed by atoms with van der Waals surface area (Å²) in [5, 5.41) is 13.1. The van der Waals surface area contributed by atoms with Crippen LogP contribution in [-0.2, 0) is 17.9 Å². The Hall–Kier alpha value is -2.39. The molecule has 0 radical (unpaired) electrons. The molecule has 2 rings (SSSR count). The minimum absolute atomic E-state index is 0.0474. The highest BCUT2D eigenvalue weighted by Crippen LogP contribution is 2.12. The van der Waals surface area contributed by atoms with Crippen LogP contribution in [0.15, 0.2) is 30.6 Å². The zero-order valence-corrected chi connectivity index (χ0v) is 11.6. The molecule has 0 spiro atoms. The third-order valence-electron chi connectivity index (χ3n) is 2.67. The summed E-state index contributed by atoms with van der Waals surface area (Å²) in [6, 6.07) is 9.15. The van der Waals surface area contributed by atoms with Crippen molar-refractivity contribution in [2.75, 3.05) is 7.05 Å². The summed E-state index contributed by atoms with van der Waals surface area (Å²) in [6.07, 6.45) is 1.36. The van der Waals surface area contributed by atoms with Gasteiger partial charge in [-0.25, -0.2) is 9.67 Å². The van der Waals surface area contributed by atoms with Gasteiger partial charge in [0.15, 0.2) is 0 Å². The molecule has 0 unspecified atom stereocenters. The van der Waals surface area contributed by atoms with Crippen LogP contribution >= 0.6 is 11.6 Å². The van der Waals surface area contributed by atoms with Crippen LogP contribution in [0.1, 0.15) is 11.4 Å². The highest BCUT2D eigenvalue weighted by molar-refractivity contribution is 6.30. The molecule has 0 bridgehead atoms. The third-order valence-corrected chi connectivity index (χ3v) is 2.90. The molecule has 2 aromatic rings. The molecule has 1 amide bonds. The lowest BCUT2D eigenvalue weighted by atomic mass is 10.2. The average Bonchev–Trinajstić information content (AvgIpc) is 2.86. The quantitative estimate of drug-likeness (QED) is 0.854. The molecular formula is C13H12ClN5O. The van der Waals surface area contributed by atoms with Crippen molar-refractivity contribution in [2.45, 2.75) is 13.1 Å². The van der Waals surface area contributed by atoms with Crippen molar-refractivity contribution in [1.29, 1.82) is 5.26 Å². The third kappa shape index (κ3) is 3.56. The van der Waals surface area contributed by atoms with Crippen molar-refractivity contribution in [2.24, 2.45) is 0 Å². The molecule has 7 heteroatoms. The van der Waals surface area contributed by atoms with Gasteiger partial charge in [0, 0.05) is 18.6 Å². The van der Waals surface area contributed by atoms with Crippen molar-refractivity contribution < 1.29 is 4.79 Å². The number of hydrogen-bond donors (Lipinski definition) is 0. The van der Waals surface area contributed by atoms with E-state index in [2.05, 4.69) is 10.1 Å². The molecular weight excluding hydrogens is 278 g/mol. The second-order valence-electron chi connectivity index (χ2n) is 4.26. The van der Waals surface area contributed by atoms with E-state index in [1.165, 1.54) is 11.0 Å². The van der Waals surface area contributed by atoms with Gasteiger partial charge in [0.25, 0.3) is 5.82 Å². The van der Waals surface area contributed by atoms with Crippen LogP contribution in [0.3, 0.4) is 0 Å². The van der Waals surface area contributed by atoms with Gasteiger partial charge in [-0.15, -0.1) is 5.10 Å². The van der Waals surface area contributed by atoms with Crippen LogP contribution in [0.5, 0.6) is 0 Å². The molecule has 0 saturated heterocycles. The molecule has 0 atom stereocenters. The van der Waals surface area contributed by atoms with Gasteiger partial charge in [0.1, 0.15) is 18.9 Å². The van der Waals surface area contributed by atoms with E-state index in [-0.39, 0.29) is 18.3 Å². The van der Waals surface area contributed by atoms with Crippen LogP contribution in [0, 0.1) is 11.3 Å². The zero-order valence-electron chi connectivity index (χ0n) is 10.8. The Kier molecular flexibility index (Phi) is 4.33. The Morgan fingerprint density at radius 3 is 3.00 bits per heavy atom. The number of nitriles is 1. The first-order chi connectivity index (χ1) is 9.58. The van der Waals surface area contributed by atoms with E-state index < -0.39 is 0 Å². The van der Waals surface area contributed by atoms with Crippen molar-refractivity contribution in [3.05, 3.63) is 47.0 Å². The minimum atomic E-state index is -0.126. The summed E-state index contributed by atoms with van der Waals surface area (Å²) in [5.41, 5.74) is 0.949. The molecule has 20 heavy (non-hydrogen) atoms. The van der Waals surface area contributed by atoms with Gasteiger partial charge in [0.05, 0.1) is 0 Å². The SMILES string of the molecule is CN(Cc1cccc(Cl)c1)C(=O)Cn1cnc(C#N)n1. The van der Waals surface area contributed by atoms with Crippen molar-refractivity contribution in [3.63, 3.8) is 0 Å². The van der Waals surface area contributed by atoms with Gasteiger partial charge in [-0.3, -0.25) is 4.79 Å². The van der Waals surface area contributed by atoms with Gasteiger partial charge < -0.3 is 4.90 Å². The Morgan fingerprint density at radius 2 is 2.35 bits per heavy atom. The molecule has 0 fully saturated rings. The standard InChI is InChI=1S/C13H12ClN5O/c1-18(7-10-3-2-4-11(14)5-10)13(20)8-19-9-16-12(6-15)17-19/h2-5,9H,7-8H2,1H3. The maximum absolute atomic E-state index is 12.0. The number of carbonyl (C=O) groups is 1. The fourth-order valence-electron chi connectivity index (χ4n) is 1.68. The highest BCUT2D eigenvalue weighted by Gasteiger charge is 2.11. The summed E-state index contributed by atoms with van der Waals surface area (Å²) in [6.45, 7) is 0.505. The van der Waals surface area contributed by atoms with Gasteiger partial charge >= 0.3 is 0 Å². The van der Waals surface area contributed by atoms with Crippen molar-refractivity contribution in [1.82, 2.24) is 19.7 Å². The van der Waals surface area contributed by atoms with E-state index in [0.717, 1.165) is 5.56 Å². The van der Waals surface area contributed by atoms with E-state index in [9.17, 15) is 4.79 Å². The molecule has 0 aliphatic rings. The summed E-state index contributed by atoms with van der Waals surface area (Å²) in [7, 11) is 1.70. The maximum Gasteiger partial charge on any atom is 0.252 e. The van der Waals surface area contributed by atoms with Crippen molar-refractivity contribution in [3.8, 4) is 6.07 Å². The van der Waals surface area contributed by atoms with E-state index in [4.69, 9.17) is 16.9 Å². The molecule has 0 aliphatic carbocycles. The lowest BCUT2D eigenvalue weighted by molar-refractivity contribution is -0.131. The van der Waals surface area contributed by atoms with Gasteiger partial charge in [-0.05, 0) is 17.7 Å². The minimum Gasteiger partial charge on any atom is -0.340 e. The predicted molar refractivity (Wildman–Crippen MR) is 72.7 cm³/mol. The van der Waals surface area contributed by atoms with Crippen LogP contribution < -0.4 is 0 Å². The topological polar surface area (TPSA) is 74.8 Å². The summed E-state index contributed by atoms with van der Waals surface area (Å²) in [5.74, 6) is -0.0744. The number of hydrogen-bond acceptors (Lipinski definition) is 4. The van der Waals surface area contributed by atoms with Crippen LogP contribution in [0.25, 0.3) is 0 Å². The molecule has 1 aromatic heterocycles. The van der Waals surface area contributed by atoms with Crippen LogP contribution in [-0.4, -0.2) is 32.6 Å². The smallest absolute Gasteiger partial charge is 0.252 e. The predicted octanol–water partition coefficient (Wildman–Crippen LogP) is 1.46.